The van der Waals surface area contributed by atoms with Crippen molar-refractivity contribution in [3.05, 3.63) is 65.2 Å². The SMILES string of the molecule is COc1ccc(CN(Cc2ccc(OC)cc2)c2nc(N)nc(OCC3CCCCC3)c2C)cc1. The summed E-state index contributed by atoms with van der Waals surface area (Å²) in [4.78, 5) is 11.3. The van der Waals surface area contributed by atoms with Crippen LogP contribution in [-0.2, 0) is 13.1 Å². The average molecular weight is 477 g/mol. The summed E-state index contributed by atoms with van der Waals surface area (Å²) in [5, 5.41) is 0. The van der Waals surface area contributed by atoms with Gasteiger partial charge in [0.05, 0.1) is 26.4 Å². The Labute approximate surface area is 208 Å². The highest BCUT2D eigenvalue weighted by atomic mass is 16.5. The van der Waals surface area contributed by atoms with Gasteiger partial charge in [0.25, 0.3) is 0 Å². The molecule has 0 amide bonds. The smallest absolute Gasteiger partial charge is 0.225 e. The maximum Gasteiger partial charge on any atom is 0.225 e. The number of nitrogens with two attached hydrogens (primary N) is 1. The second-order valence-corrected chi connectivity index (χ2v) is 9.20. The van der Waals surface area contributed by atoms with Crippen LogP contribution in [-0.4, -0.2) is 30.8 Å². The number of hydrogen-bond donors (Lipinski definition) is 1. The zero-order chi connectivity index (χ0) is 24.6. The largest absolute Gasteiger partial charge is 0.497 e. The molecule has 0 aliphatic heterocycles. The molecule has 1 aliphatic carbocycles. The minimum absolute atomic E-state index is 0.221. The van der Waals surface area contributed by atoms with E-state index in [1.807, 2.05) is 31.2 Å². The lowest BCUT2D eigenvalue weighted by atomic mass is 9.90. The van der Waals surface area contributed by atoms with Crippen LogP contribution in [0.4, 0.5) is 11.8 Å². The van der Waals surface area contributed by atoms with Gasteiger partial charge in [-0.1, -0.05) is 43.5 Å². The van der Waals surface area contributed by atoms with Gasteiger partial charge in [-0.25, -0.2) is 0 Å². The molecule has 0 bridgehead atoms. The van der Waals surface area contributed by atoms with Crippen LogP contribution in [0.15, 0.2) is 48.5 Å². The molecule has 1 saturated carbocycles. The molecular formula is C28H36N4O3. The number of aromatic nitrogens is 2. The zero-order valence-electron chi connectivity index (χ0n) is 21.0. The summed E-state index contributed by atoms with van der Waals surface area (Å²) < 4.78 is 16.9. The minimum atomic E-state index is 0.221. The topological polar surface area (TPSA) is 82.7 Å². The van der Waals surface area contributed by atoms with Gasteiger partial charge in [-0.2, -0.15) is 9.97 Å². The van der Waals surface area contributed by atoms with Crippen molar-refractivity contribution >= 4 is 11.8 Å². The minimum Gasteiger partial charge on any atom is -0.497 e. The first-order valence-corrected chi connectivity index (χ1v) is 12.3. The molecule has 1 aromatic heterocycles. The number of nitrogens with zero attached hydrogens (tertiary/aromatic N) is 3. The Morgan fingerprint density at radius 3 is 1.89 bits per heavy atom. The normalized spacial score (nSPS) is 13.9. The van der Waals surface area contributed by atoms with E-state index in [2.05, 4.69) is 39.1 Å². The van der Waals surface area contributed by atoms with Crippen LogP contribution >= 0.6 is 0 Å². The third-order valence-corrected chi connectivity index (χ3v) is 6.64. The molecule has 2 aromatic carbocycles. The molecular weight excluding hydrogens is 440 g/mol. The summed E-state index contributed by atoms with van der Waals surface area (Å²) >= 11 is 0. The lowest BCUT2D eigenvalue weighted by molar-refractivity contribution is 0.202. The first-order chi connectivity index (χ1) is 17.1. The summed E-state index contributed by atoms with van der Waals surface area (Å²) in [5.41, 5.74) is 9.35. The second-order valence-electron chi connectivity index (χ2n) is 9.20. The quantitative estimate of drug-likeness (QED) is 0.411. The van der Waals surface area contributed by atoms with Crippen LogP contribution in [0.1, 0.15) is 48.8 Å². The molecule has 3 aromatic rings. The van der Waals surface area contributed by atoms with Gasteiger partial charge in [-0.15, -0.1) is 0 Å². The molecule has 1 heterocycles. The Bertz CT molecular complexity index is 1030. The van der Waals surface area contributed by atoms with E-state index in [4.69, 9.17) is 19.9 Å². The van der Waals surface area contributed by atoms with Gasteiger partial charge in [0.1, 0.15) is 17.3 Å². The number of ether oxygens (including phenoxy) is 3. The van der Waals surface area contributed by atoms with Crippen LogP contribution in [0, 0.1) is 12.8 Å². The fourth-order valence-corrected chi connectivity index (χ4v) is 4.61. The highest BCUT2D eigenvalue weighted by molar-refractivity contribution is 5.54. The van der Waals surface area contributed by atoms with E-state index in [0.717, 1.165) is 34.0 Å². The Hall–Kier alpha value is -3.48. The lowest BCUT2D eigenvalue weighted by Crippen LogP contribution is -2.25. The third-order valence-electron chi connectivity index (χ3n) is 6.64. The van der Waals surface area contributed by atoms with E-state index in [9.17, 15) is 0 Å². The number of anilines is 2. The van der Waals surface area contributed by atoms with Crippen molar-refractivity contribution in [3.63, 3.8) is 0 Å². The van der Waals surface area contributed by atoms with Crippen molar-refractivity contribution in [2.24, 2.45) is 5.92 Å². The van der Waals surface area contributed by atoms with Gasteiger partial charge in [0.2, 0.25) is 11.8 Å². The van der Waals surface area contributed by atoms with E-state index < -0.39 is 0 Å². The predicted octanol–water partition coefficient (Wildman–Crippen LogP) is 5.55. The Balaban J connectivity index is 1.61. The number of nitrogen functional groups attached to an aromatic ring is 1. The standard InChI is InChI=1S/C28H36N4O3/c1-20-26(30-28(29)31-27(20)35-19-23-7-5-4-6-8-23)32(17-21-9-13-24(33-2)14-10-21)18-22-11-15-25(34-3)16-12-22/h9-16,23H,4-8,17-19H2,1-3H3,(H2,29,30,31). The Morgan fingerprint density at radius 2 is 1.37 bits per heavy atom. The fourth-order valence-electron chi connectivity index (χ4n) is 4.61. The molecule has 0 radical (unpaired) electrons. The highest BCUT2D eigenvalue weighted by Crippen LogP contribution is 2.31. The molecule has 0 unspecified atom stereocenters. The van der Waals surface area contributed by atoms with Crippen LogP contribution in [0.25, 0.3) is 0 Å². The van der Waals surface area contributed by atoms with Crippen LogP contribution in [0.2, 0.25) is 0 Å². The van der Waals surface area contributed by atoms with Crippen molar-refractivity contribution in [2.75, 3.05) is 31.5 Å². The molecule has 1 fully saturated rings. The molecule has 2 N–H and O–H groups in total. The van der Waals surface area contributed by atoms with E-state index in [-0.39, 0.29) is 5.95 Å². The maximum atomic E-state index is 6.22. The second kappa shape index (κ2) is 11.8. The van der Waals surface area contributed by atoms with Crippen molar-refractivity contribution in [2.45, 2.75) is 52.1 Å². The van der Waals surface area contributed by atoms with E-state index in [1.165, 1.54) is 32.1 Å². The molecule has 4 rings (SSSR count). The highest BCUT2D eigenvalue weighted by Gasteiger charge is 2.20. The number of hydrogen-bond acceptors (Lipinski definition) is 7. The number of rotatable bonds is 10. The van der Waals surface area contributed by atoms with Crippen molar-refractivity contribution in [1.82, 2.24) is 9.97 Å². The van der Waals surface area contributed by atoms with Crippen LogP contribution in [0.5, 0.6) is 17.4 Å². The molecule has 7 heteroatoms. The predicted molar refractivity (Wildman–Crippen MR) is 139 cm³/mol. The average Bonchev–Trinajstić information content (AvgIpc) is 2.90. The maximum absolute atomic E-state index is 6.22. The summed E-state index contributed by atoms with van der Waals surface area (Å²) in [7, 11) is 3.35. The molecule has 0 atom stereocenters. The fraction of sp³-hybridized carbons (Fsp3) is 0.429. The first kappa shape index (κ1) is 24.6. The van der Waals surface area contributed by atoms with Crippen molar-refractivity contribution < 1.29 is 14.2 Å². The summed E-state index contributed by atoms with van der Waals surface area (Å²) in [5.74, 6) is 3.82. The van der Waals surface area contributed by atoms with E-state index in [0.29, 0.717) is 31.5 Å². The Morgan fingerprint density at radius 1 is 0.829 bits per heavy atom. The lowest BCUT2D eigenvalue weighted by Gasteiger charge is -2.27. The van der Waals surface area contributed by atoms with Gasteiger partial charge in [0, 0.05) is 13.1 Å². The van der Waals surface area contributed by atoms with Crippen molar-refractivity contribution in [3.8, 4) is 17.4 Å². The molecule has 1 aliphatic rings. The Kier molecular flexibility index (Phi) is 8.29. The van der Waals surface area contributed by atoms with Gasteiger partial charge >= 0.3 is 0 Å². The summed E-state index contributed by atoms with van der Waals surface area (Å²) in [6.07, 6.45) is 6.32. The van der Waals surface area contributed by atoms with Crippen LogP contribution in [0.3, 0.4) is 0 Å². The van der Waals surface area contributed by atoms with Gasteiger partial charge in [-0.3, -0.25) is 0 Å². The monoisotopic (exact) mass is 476 g/mol. The van der Waals surface area contributed by atoms with Gasteiger partial charge in [0.15, 0.2) is 0 Å². The molecule has 7 nitrogen and oxygen atoms in total. The summed E-state index contributed by atoms with van der Waals surface area (Å²) in [6.45, 7) is 3.98. The van der Waals surface area contributed by atoms with Gasteiger partial charge in [-0.05, 0) is 61.1 Å². The van der Waals surface area contributed by atoms with Crippen LogP contribution < -0.4 is 24.8 Å². The molecule has 35 heavy (non-hydrogen) atoms. The molecule has 0 spiro atoms. The van der Waals surface area contributed by atoms with E-state index in [1.54, 1.807) is 14.2 Å². The summed E-state index contributed by atoms with van der Waals surface area (Å²) in [6, 6.07) is 16.2. The number of benzene rings is 2. The first-order valence-electron chi connectivity index (χ1n) is 12.3. The van der Waals surface area contributed by atoms with Crippen molar-refractivity contribution in [1.29, 1.82) is 0 Å². The number of methoxy groups -OCH3 is 2. The third kappa shape index (κ3) is 6.56. The molecule has 0 saturated heterocycles. The van der Waals surface area contributed by atoms with Gasteiger partial charge < -0.3 is 24.8 Å². The molecule has 186 valence electrons. The van der Waals surface area contributed by atoms with E-state index >= 15 is 0 Å². The zero-order valence-corrected chi connectivity index (χ0v) is 21.0.